The van der Waals surface area contributed by atoms with Crippen molar-refractivity contribution in [1.29, 1.82) is 0 Å². The number of fused-ring (bicyclic) bond motifs is 1. The standard InChI is InChI=1S/C8H4BrINO2/c9-10-11-7(12)5-3-1-2-4-6(5)8(11)13/h1-4H/q-1. The van der Waals surface area contributed by atoms with Crippen molar-refractivity contribution >= 4 is 24.5 Å². The van der Waals surface area contributed by atoms with E-state index in [4.69, 9.17) is 0 Å². The number of carbonyl (C=O) groups excluding carboxylic acids is 2. The molecular weight excluding hydrogens is 349 g/mol. The van der Waals surface area contributed by atoms with E-state index in [9.17, 15) is 9.59 Å². The van der Waals surface area contributed by atoms with Crippen LogP contribution in [-0.2, 0) is 0 Å². The average molecular weight is 353 g/mol. The minimum absolute atomic E-state index is 0.176. The normalized spacial score (nSPS) is 15.3. The Bertz CT molecular complexity index is 358. The molecule has 1 aliphatic rings. The molecule has 3 nitrogen and oxygen atoms in total. The number of halogens is 2. The summed E-state index contributed by atoms with van der Waals surface area (Å²) < 4.78 is 1.28. The van der Waals surface area contributed by atoms with Crippen molar-refractivity contribution in [3.05, 3.63) is 35.4 Å². The third kappa shape index (κ3) is 1.30. The van der Waals surface area contributed by atoms with Gasteiger partial charge in [-0.2, -0.15) is 0 Å². The molecule has 1 heterocycles. The van der Waals surface area contributed by atoms with Crippen molar-refractivity contribution in [3.63, 3.8) is 0 Å². The van der Waals surface area contributed by atoms with E-state index in [-0.39, 0.29) is 11.8 Å². The van der Waals surface area contributed by atoms with Gasteiger partial charge in [-0.15, -0.1) is 0 Å². The summed E-state index contributed by atoms with van der Waals surface area (Å²) in [6.45, 7) is 0. The maximum atomic E-state index is 11.5. The fourth-order valence-electron chi connectivity index (χ4n) is 1.22. The molecule has 2 amide bonds. The van der Waals surface area contributed by atoms with Crippen molar-refractivity contribution in [3.8, 4) is 0 Å². The first kappa shape index (κ1) is 9.14. The van der Waals surface area contributed by atoms with Crippen LogP contribution in [0.2, 0.25) is 0 Å². The molecule has 2 rings (SSSR count). The molecule has 0 radical (unpaired) electrons. The van der Waals surface area contributed by atoms with Gasteiger partial charge >= 0.3 is 91.9 Å². The Morgan fingerprint density at radius 3 is 1.92 bits per heavy atom. The minimum atomic E-state index is -0.678. The first-order valence-corrected chi connectivity index (χ1v) is 9.30. The molecule has 1 aromatic carbocycles. The molecule has 68 valence electrons. The molecule has 0 unspecified atom stereocenters. The summed E-state index contributed by atoms with van der Waals surface area (Å²) in [5, 5.41) is 0. The van der Waals surface area contributed by atoms with E-state index >= 15 is 0 Å². The quantitative estimate of drug-likeness (QED) is 0.354. The Hall–Kier alpha value is -0.430. The molecule has 1 aromatic rings. The summed E-state index contributed by atoms with van der Waals surface area (Å²) in [7, 11) is 0. The molecule has 0 bridgehead atoms. The Morgan fingerprint density at radius 2 is 1.54 bits per heavy atom. The Balaban J connectivity index is 2.57. The molecule has 0 saturated carbocycles. The third-order valence-electron chi connectivity index (χ3n) is 1.81. The molecule has 0 aliphatic carbocycles. The van der Waals surface area contributed by atoms with Crippen molar-refractivity contribution < 1.29 is 28.8 Å². The van der Waals surface area contributed by atoms with Gasteiger partial charge in [0.05, 0.1) is 0 Å². The zero-order chi connectivity index (χ0) is 9.42. The van der Waals surface area contributed by atoms with Gasteiger partial charge in [0, 0.05) is 0 Å². The van der Waals surface area contributed by atoms with Gasteiger partial charge < -0.3 is 0 Å². The van der Waals surface area contributed by atoms with Crippen molar-refractivity contribution in [1.82, 2.24) is 3.11 Å². The molecule has 1 aliphatic heterocycles. The van der Waals surface area contributed by atoms with Gasteiger partial charge in [0.1, 0.15) is 0 Å². The van der Waals surface area contributed by atoms with Gasteiger partial charge in [-0.25, -0.2) is 0 Å². The fraction of sp³-hybridized carbons (Fsp3) is 0. The van der Waals surface area contributed by atoms with Crippen LogP contribution in [0, 0.1) is 0 Å². The van der Waals surface area contributed by atoms with Gasteiger partial charge in [0.25, 0.3) is 0 Å². The van der Waals surface area contributed by atoms with Gasteiger partial charge in [0.2, 0.25) is 0 Å². The van der Waals surface area contributed by atoms with Crippen LogP contribution in [0.25, 0.3) is 0 Å². The van der Waals surface area contributed by atoms with Crippen LogP contribution >= 0.6 is 12.7 Å². The summed E-state index contributed by atoms with van der Waals surface area (Å²) in [6.07, 6.45) is 0. The van der Waals surface area contributed by atoms with E-state index in [1.165, 1.54) is 3.11 Å². The van der Waals surface area contributed by atoms with Gasteiger partial charge in [-0.3, -0.25) is 0 Å². The average Bonchev–Trinajstić information content (AvgIpc) is 2.41. The molecule has 0 saturated heterocycles. The molecule has 0 spiro atoms. The molecule has 13 heavy (non-hydrogen) atoms. The molecule has 0 atom stereocenters. The maximum absolute atomic E-state index is 11.5. The van der Waals surface area contributed by atoms with Gasteiger partial charge in [-0.05, 0) is 0 Å². The molecule has 5 heteroatoms. The molecule has 0 fully saturated rings. The number of rotatable bonds is 1. The van der Waals surface area contributed by atoms with E-state index in [0.29, 0.717) is 11.1 Å². The molecular formula is C8H4BrINO2-. The second-order valence-corrected chi connectivity index (χ2v) is 5.63. The van der Waals surface area contributed by atoms with Crippen LogP contribution < -0.4 is 19.3 Å². The van der Waals surface area contributed by atoms with Crippen molar-refractivity contribution in [2.75, 3.05) is 0 Å². The van der Waals surface area contributed by atoms with E-state index in [1.54, 1.807) is 24.3 Å². The summed E-state index contributed by atoms with van der Waals surface area (Å²) in [5.41, 5.74) is 1.04. The fourth-order valence-corrected chi connectivity index (χ4v) is 3.70. The van der Waals surface area contributed by atoms with Crippen molar-refractivity contribution in [2.45, 2.75) is 0 Å². The zero-order valence-electron chi connectivity index (χ0n) is 6.33. The predicted molar refractivity (Wildman–Crippen MR) is 45.9 cm³/mol. The summed E-state index contributed by atoms with van der Waals surface area (Å²) >= 11 is 2.53. The van der Waals surface area contributed by atoms with Crippen LogP contribution in [-0.4, -0.2) is 14.9 Å². The van der Waals surface area contributed by atoms with E-state index in [0.717, 1.165) is 0 Å². The van der Waals surface area contributed by atoms with Crippen LogP contribution in [0.15, 0.2) is 24.3 Å². The SMILES string of the molecule is O=C1c2ccccc2C(=O)N1[I-]Br. The van der Waals surface area contributed by atoms with E-state index < -0.39 is 19.3 Å². The number of carbonyl (C=O) groups is 2. The summed E-state index contributed by atoms with van der Waals surface area (Å²) in [4.78, 5) is 23.1. The second-order valence-electron chi connectivity index (χ2n) is 2.50. The van der Waals surface area contributed by atoms with Gasteiger partial charge in [0.15, 0.2) is 0 Å². The first-order chi connectivity index (χ1) is 6.25. The van der Waals surface area contributed by atoms with Crippen LogP contribution in [0.1, 0.15) is 20.7 Å². The molecule has 0 N–H and O–H groups in total. The monoisotopic (exact) mass is 352 g/mol. The first-order valence-electron chi connectivity index (χ1n) is 3.49. The number of amides is 2. The Labute approximate surface area is 91.5 Å². The zero-order valence-corrected chi connectivity index (χ0v) is 10.1. The summed E-state index contributed by atoms with van der Waals surface area (Å²) in [6, 6.07) is 6.89. The number of benzene rings is 1. The Morgan fingerprint density at radius 1 is 1.08 bits per heavy atom. The van der Waals surface area contributed by atoms with Gasteiger partial charge in [-0.1, -0.05) is 0 Å². The van der Waals surface area contributed by atoms with Crippen LogP contribution in [0.3, 0.4) is 0 Å². The number of hydrogen-bond donors (Lipinski definition) is 0. The van der Waals surface area contributed by atoms with E-state index in [2.05, 4.69) is 12.7 Å². The van der Waals surface area contributed by atoms with Crippen LogP contribution in [0.4, 0.5) is 0 Å². The Kier molecular flexibility index (Phi) is 2.37. The van der Waals surface area contributed by atoms with Crippen LogP contribution in [0.5, 0.6) is 0 Å². The number of imide groups is 1. The third-order valence-corrected chi connectivity index (χ3v) is 4.85. The topological polar surface area (TPSA) is 37.4 Å². The van der Waals surface area contributed by atoms with Crippen molar-refractivity contribution in [2.24, 2.45) is 0 Å². The predicted octanol–water partition coefficient (Wildman–Crippen LogP) is -1.40. The summed E-state index contributed by atoms with van der Waals surface area (Å²) in [5.74, 6) is -0.351. The number of hydrogen-bond acceptors (Lipinski definition) is 2. The number of nitrogens with zero attached hydrogens (tertiary/aromatic N) is 1. The second kappa shape index (κ2) is 3.38. The molecule has 0 aromatic heterocycles. The van der Waals surface area contributed by atoms with E-state index in [1.807, 2.05) is 0 Å².